The number of carbonyl (C=O) groups excluding carboxylic acids is 2. The third kappa shape index (κ3) is 5.07. The Kier molecular flexibility index (Phi) is 6.10. The number of rotatable bonds is 6. The smallest absolute Gasteiger partial charge is 0.257 e. The lowest BCUT2D eigenvalue weighted by atomic mass is 10.2. The first kappa shape index (κ1) is 17.0. The van der Waals surface area contributed by atoms with Gasteiger partial charge in [-0.15, -0.1) is 0 Å². The Labute approximate surface area is 142 Å². The van der Waals surface area contributed by atoms with Crippen LogP contribution in [0.2, 0.25) is 0 Å². The van der Waals surface area contributed by atoms with Gasteiger partial charge < -0.3 is 15.4 Å². The van der Waals surface area contributed by atoms with Crippen molar-refractivity contribution in [1.82, 2.24) is 15.6 Å². The van der Waals surface area contributed by atoms with Crippen LogP contribution in [0, 0.1) is 0 Å². The van der Waals surface area contributed by atoms with Crippen molar-refractivity contribution in [3.8, 4) is 11.6 Å². The number of nitrogens with one attached hydrogen (secondary N) is 2. The second-order valence-electron chi connectivity index (χ2n) is 4.55. The summed E-state index contributed by atoms with van der Waals surface area (Å²) in [7, 11) is 0. The molecule has 2 amide bonds. The lowest BCUT2D eigenvalue weighted by molar-refractivity contribution is -0.120. The maximum atomic E-state index is 12.2. The number of ether oxygens (including phenoxy) is 1. The molecule has 0 saturated carbocycles. The second-order valence-corrected chi connectivity index (χ2v) is 5.46. The van der Waals surface area contributed by atoms with Gasteiger partial charge >= 0.3 is 0 Å². The van der Waals surface area contributed by atoms with Crippen LogP contribution >= 0.6 is 15.9 Å². The molecule has 0 saturated heterocycles. The minimum Gasteiger partial charge on any atom is -0.438 e. The first-order valence-electron chi connectivity index (χ1n) is 7.03. The Morgan fingerprint density at radius 2 is 1.91 bits per heavy atom. The summed E-state index contributed by atoms with van der Waals surface area (Å²) in [6.07, 6.45) is 1.54. The summed E-state index contributed by atoms with van der Waals surface area (Å²) >= 11 is 3.34. The largest absolute Gasteiger partial charge is 0.438 e. The average Bonchev–Trinajstić information content (AvgIpc) is 2.55. The Balaban J connectivity index is 2.09. The van der Waals surface area contributed by atoms with Crippen LogP contribution in [0.5, 0.6) is 11.6 Å². The third-order valence-corrected chi connectivity index (χ3v) is 3.36. The second kappa shape index (κ2) is 8.28. The lowest BCUT2D eigenvalue weighted by Crippen LogP contribution is -2.36. The molecule has 2 rings (SSSR count). The molecule has 1 heterocycles. The van der Waals surface area contributed by atoms with E-state index in [2.05, 4.69) is 31.5 Å². The monoisotopic (exact) mass is 377 g/mol. The van der Waals surface area contributed by atoms with Crippen LogP contribution in [0.25, 0.3) is 0 Å². The fourth-order valence-corrected chi connectivity index (χ4v) is 2.04. The number of benzene rings is 1. The number of likely N-dealkylation sites (N-methyl/N-ethyl adjacent to an activating group) is 1. The summed E-state index contributed by atoms with van der Waals surface area (Å²) in [5.41, 5.74) is 0.264. The number of nitrogens with zero attached hydrogens (tertiary/aromatic N) is 1. The molecule has 1 aromatic heterocycles. The molecule has 2 N–H and O–H groups in total. The molecule has 0 radical (unpaired) electrons. The fraction of sp³-hybridized carbons (Fsp3) is 0.188. The van der Waals surface area contributed by atoms with Gasteiger partial charge in [0.2, 0.25) is 11.8 Å². The van der Waals surface area contributed by atoms with Crippen molar-refractivity contribution in [3.05, 3.63) is 52.6 Å². The minimum atomic E-state index is -0.420. The molecule has 6 nitrogen and oxygen atoms in total. The zero-order chi connectivity index (χ0) is 16.7. The van der Waals surface area contributed by atoms with Crippen molar-refractivity contribution < 1.29 is 14.3 Å². The average molecular weight is 378 g/mol. The molecule has 0 bridgehead atoms. The van der Waals surface area contributed by atoms with Crippen molar-refractivity contribution in [2.24, 2.45) is 0 Å². The van der Waals surface area contributed by atoms with Crippen molar-refractivity contribution in [2.75, 3.05) is 13.1 Å². The third-order valence-electron chi connectivity index (χ3n) is 2.83. The molecule has 7 heteroatoms. The van der Waals surface area contributed by atoms with Crippen LogP contribution in [0.3, 0.4) is 0 Å². The standard InChI is InChI=1S/C16H16BrN3O3/c1-2-18-14(21)10-20-15(22)13-4-3-9-19-16(13)23-12-7-5-11(17)6-8-12/h3-9H,2,10H2,1H3,(H,18,21)(H,20,22). The van der Waals surface area contributed by atoms with E-state index in [1.807, 2.05) is 19.1 Å². The number of hydrogen-bond acceptors (Lipinski definition) is 4. The molecular formula is C16H16BrN3O3. The number of carbonyl (C=O) groups is 2. The van der Waals surface area contributed by atoms with Crippen LogP contribution in [0.4, 0.5) is 0 Å². The predicted octanol–water partition coefficient (Wildman–Crippen LogP) is 2.50. The number of amides is 2. The highest BCUT2D eigenvalue weighted by molar-refractivity contribution is 9.10. The molecule has 0 aliphatic rings. The SMILES string of the molecule is CCNC(=O)CNC(=O)c1cccnc1Oc1ccc(Br)cc1. The molecule has 120 valence electrons. The number of halogens is 1. The van der Waals surface area contributed by atoms with Gasteiger partial charge in [0.05, 0.1) is 6.54 Å². The van der Waals surface area contributed by atoms with Crippen LogP contribution < -0.4 is 15.4 Å². The van der Waals surface area contributed by atoms with E-state index in [-0.39, 0.29) is 23.9 Å². The number of aromatic nitrogens is 1. The zero-order valence-corrected chi connectivity index (χ0v) is 14.1. The Bertz CT molecular complexity index is 689. The van der Waals surface area contributed by atoms with Gasteiger partial charge in [-0.2, -0.15) is 0 Å². The van der Waals surface area contributed by atoms with Gasteiger partial charge in [0.15, 0.2) is 0 Å². The molecule has 0 fully saturated rings. The summed E-state index contributed by atoms with van der Waals surface area (Å²) < 4.78 is 6.57. The Hall–Kier alpha value is -2.41. The first-order valence-corrected chi connectivity index (χ1v) is 7.82. The highest BCUT2D eigenvalue weighted by Crippen LogP contribution is 2.24. The van der Waals surface area contributed by atoms with E-state index in [0.29, 0.717) is 12.3 Å². The van der Waals surface area contributed by atoms with Crippen LogP contribution in [0.1, 0.15) is 17.3 Å². The Morgan fingerprint density at radius 1 is 1.17 bits per heavy atom. The van der Waals surface area contributed by atoms with E-state index in [1.54, 1.807) is 24.3 Å². The van der Waals surface area contributed by atoms with Crippen molar-refractivity contribution in [3.63, 3.8) is 0 Å². The van der Waals surface area contributed by atoms with Crippen LogP contribution in [-0.4, -0.2) is 29.9 Å². The minimum absolute atomic E-state index is 0.0979. The molecular weight excluding hydrogens is 362 g/mol. The van der Waals surface area contributed by atoms with E-state index < -0.39 is 5.91 Å². The van der Waals surface area contributed by atoms with Gasteiger partial charge in [-0.3, -0.25) is 9.59 Å². The molecule has 23 heavy (non-hydrogen) atoms. The van der Waals surface area contributed by atoms with E-state index in [0.717, 1.165) is 4.47 Å². The van der Waals surface area contributed by atoms with Gasteiger partial charge in [0, 0.05) is 17.2 Å². The topological polar surface area (TPSA) is 80.3 Å². The molecule has 0 aliphatic heterocycles. The summed E-state index contributed by atoms with van der Waals surface area (Å²) in [6, 6.07) is 10.4. The van der Waals surface area contributed by atoms with E-state index in [1.165, 1.54) is 6.20 Å². The highest BCUT2D eigenvalue weighted by atomic mass is 79.9. The fourth-order valence-electron chi connectivity index (χ4n) is 1.77. The normalized spacial score (nSPS) is 10.0. The summed E-state index contributed by atoms with van der Waals surface area (Å²) in [5, 5.41) is 5.15. The van der Waals surface area contributed by atoms with Gasteiger partial charge in [-0.25, -0.2) is 4.98 Å². The number of hydrogen-bond donors (Lipinski definition) is 2. The van der Waals surface area contributed by atoms with Crippen molar-refractivity contribution >= 4 is 27.7 Å². The van der Waals surface area contributed by atoms with E-state index in [4.69, 9.17) is 4.74 Å². The van der Waals surface area contributed by atoms with E-state index in [9.17, 15) is 9.59 Å². The molecule has 1 aromatic carbocycles. The molecule has 0 unspecified atom stereocenters. The summed E-state index contributed by atoms with van der Waals surface area (Å²) in [4.78, 5) is 27.7. The van der Waals surface area contributed by atoms with Gasteiger partial charge in [-0.05, 0) is 43.3 Å². The maximum Gasteiger partial charge on any atom is 0.257 e. The van der Waals surface area contributed by atoms with Gasteiger partial charge in [0.1, 0.15) is 11.3 Å². The van der Waals surface area contributed by atoms with Crippen LogP contribution in [-0.2, 0) is 4.79 Å². The van der Waals surface area contributed by atoms with Crippen molar-refractivity contribution in [2.45, 2.75) is 6.92 Å². The number of pyridine rings is 1. The Morgan fingerprint density at radius 3 is 2.61 bits per heavy atom. The van der Waals surface area contributed by atoms with Gasteiger partial charge in [-0.1, -0.05) is 15.9 Å². The predicted molar refractivity (Wildman–Crippen MR) is 89.5 cm³/mol. The summed E-state index contributed by atoms with van der Waals surface area (Å²) in [6.45, 7) is 2.23. The molecule has 2 aromatic rings. The molecule has 0 aliphatic carbocycles. The van der Waals surface area contributed by atoms with E-state index >= 15 is 0 Å². The summed E-state index contributed by atoms with van der Waals surface area (Å²) in [5.74, 6) is 0.0736. The molecule has 0 spiro atoms. The maximum absolute atomic E-state index is 12.2. The lowest BCUT2D eigenvalue weighted by Gasteiger charge is -2.10. The zero-order valence-electron chi connectivity index (χ0n) is 12.5. The van der Waals surface area contributed by atoms with Crippen molar-refractivity contribution in [1.29, 1.82) is 0 Å². The first-order chi connectivity index (χ1) is 11.1. The van der Waals surface area contributed by atoms with Gasteiger partial charge in [0.25, 0.3) is 5.91 Å². The molecule has 0 atom stereocenters. The van der Waals surface area contributed by atoms with Crippen LogP contribution in [0.15, 0.2) is 47.1 Å². The highest BCUT2D eigenvalue weighted by Gasteiger charge is 2.15. The quantitative estimate of drug-likeness (QED) is 0.810.